The highest BCUT2D eigenvalue weighted by Crippen LogP contribution is 2.33. The summed E-state index contributed by atoms with van der Waals surface area (Å²) >= 11 is 0. The van der Waals surface area contributed by atoms with Crippen LogP contribution < -0.4 is 5.73 Å². The maximum Gasteiger partial charge on any atom is 0.199 e. The van der Waals surface area contributed by atoms with Crippen molar-refractivity contribution in [3.8, 4) is 0 Å². The molecule has 0 radical (unpaired) electrons. The zero-order valence-corrected chi connectivity index (χ0v) is 11.6. The molecule has 90 valence electrons. The van der Waals surface area contributed by atoms with E-state index in [1.807, 2.05) is 0 Å². The Balaban J connectivity index is 2.59. The number of hydroxylamine groups is 2. The van der Waals surface area contributed by atoms with Crippen molar-refractivity contribution in [2.24, 2.45) is 5.73 Å². The molecule has 1 fully saturated rings. The molecule has 0 unspecified atom stereocenters. The van der Waals surface area contributed by atoms with Crippen molar-refractivity contribution in [3.05, 3.63) is 0 Å². The second kappa shape index (κ2) is 5.99. The van der Waals surface area contributed by atoms with Crippen LogP contribution in [0.15, 0.2) is 0 Å². The summed E-state index contributed by atoms with van der Waals surface area (Å²) in [5.41, 5.74) is 6.13. The standard InChI is InChI=1S/C11H26N2OSi/c1-4-5-7-11(10-12)8-6-9-13(11)14-15(2)3/h15H,4-10,12H2,1-3H3/t11-/m0/s1. The van der Waals surface area contributed by atoms with Gasteiger partial charge in [0.2, 0.25) is 0 Å². The van der Waals surface area contributed by atoms with Gasteiger partial charge in [0, 0.05) is 13.1 Å². The Labute approximate surface area is 95.7 Å². The first-order chi connectivity index (χ1) is 7.14. The molecule has 0 amide bonds. The van der Waals surface area contributed by atoms with E-state index in [-0.39, 0.29) is 5.54 Å². The summed E-state index contributed by atoms with van der Waals surface area (Å²) in [7, 11) is -0.983. The lowest BCUT2D eigenvalue weighted by molar-refractivity contribution is -0.122. The molecule has 0 aromatic heterocycles. The second-order valence-corrected chi connectivity index (χ2v) is 7.20. The third kappa shape index (κ3) is 3.28. The Kier molecular flexibility index (Phi) is 5.25. The number of rotatable bonds is 6. The van der Waals surface area contributed by atoms with Crippen LogP contribution in [0.5, 0.6) is 0 Å². The number of unbranched alkanes of at least 4 members (excludes halogenated alkanes) is 1. The van der Waals surface area contributed by atoms with Crippen molar-refractivity contribution < 1.29 is 4.53 Å². The molecule has 0 bridgehead atoms. The minimum atomic E-state index is -0.983. The van der Waals surface area contributed by atoms with Crippen molar-refractivity contribution in [1.82, 2.24) is 5.06 Å². The summed E-state index contributed by atoms with van der Waals surface area (Å²) in [5.74, 6) is 0. The van der Waals surface area contributed by atoms with Crippen molar-refractivity contribution in [2.75, 3.05) is 13.1 Å². The first-order valence-corrected chi connectivity index (χ1v) is 9.07. The molecule has 0 aliphatic carbocycles. The lowest BCUT2D eigenvalue weighted by Crippen LogP contribution is -2.50. The molecule has 1 aliphatic heterocycles. The highest BCUT2D eigenvalue weighted by Gasteiger charge is 2.40. The fourth-order valence-corrected chi connectivity index (χ4v) is 3.23. The molecule has 3 nitrogen and oxygen atoms in total. The molecular formula is C11H26N2OSi. The second-order valence-electron chi connectivity index (χ2n) is 4.89. The van der Waals surface area contributed by atoms with Gasteiger partial charge in [-0.25, -0.2) is 0 Å². The highest BCUT2D eigenvalue weighted by atomic mass is 28.3. The third-order valence-corrected chi connectivity index (χ3v) is 3.92. The first-order valence-electron chi connectivity index (χ1n) is 6.29. The van der Waals surface area contributed by atoms with Gasteiger partial charge < -0.3 is 10.3 Å². The van der Waals surface area contributed by atoms with E-state index < -0.39 is 9.04 Å². The van der Waals surface area contributed by atoms with E-state index in [0.29, 0.717) is 0 Å². The third-order valence-electron chi connectivity index (χ3n) is 3.25. The Bertz CT molecular complexity index is 189. The number of hydrogen-bond donors (Lipinski definition) is 1. The van der Waals surface area contributed by atoms with Crippen LogP contribution in [0.3, 0.4) is 0 Å². The lowest BCUT2D eigenvalue weighted by Gasteiger charge is -2.38. The van der Waals surface area contributed by atoms with E-state index in [4.69, 9.17) is 10.3 Å². The maximum absolute atomic E-state index is 6.01. The minimum Gasteiger partial charge on any atom is -0.346 e. The van der Waals surface area contributed by atoms with Crippen LogP contribution in [-0.4, -0.2) is 32.7 Å². The van der Waals surface area contributed by atoms with E-state index in [2.05, 4.69) is 25.1 Å². The molecule has 1 atom stereocenters. The van der Waals surface area contributed by atoms with Crippen LogP contribution in [-0.2, 0) is 4.53 Å². The smallest absolute Gasteiger partial charge is 0.199 e. The van der Waals surface area contributed by atoms with Gasteiger partial charge in [-0.1, -0.05) is 19.8 Å². The largest absolute Gasteiger partial charge is 0.346 e. The van der Waals surface area contributed by atoms with Crippen LogP contribution in [0.2, 0.25) is 13.1 Å². The molecule has 15 heavy (non-hydrogen) atoms. The lowest BCUT2D eigenvalue weighted by atomic mass is 9.91. The highest BCUT2D eigenvalue weighted by molar-refractivity contribution is 6.48. The molecule has 0 saturated carbocycles. The van der Waals surface area contributed by atoms with Crippen molar-refractivity contribution >= 4 is 9.04 Å². The predicted octanol–water partition coefficient (Wildman–Crippen LogP) is 1.88. The number of hydrogen-bond acceptors (Lipinski definition) is 3. The quantitative estimate of drug-likeness (QED) is 0.708. The van der Waals surface area contributed by atoms with Crippen molar-refractivity contribution in [3.63, 3.8) is 0 Å². The fraction of sp³-hybridized carbons (Fsp3) is 1.00. The minimum absolute atomic E-state index is 0.160. The molecule has 1 aliphatic rings. The summed E-state index contributed by atoms with van der Waals surface area (Å²) < 4.78 is 6.01. The van der Waals surface area contributed by atoms with E-state index in [9.17, 15) is 0 Å². The monoisotopic (exact) mass is 230 g/mol. The van der Waals surface area contributed by atoms with Crippen LogP contribution >= 0.6 is 0 Å². The summed E-state index contributed by atoms with van der Waals surface area (Å²) in [6.45, 7) is 8.50. The Morgan fingerprint density at radius 2 is 2.20 bits per heavy atom. The molecule has 1 rings (SSSR count). The van der Waals surface area contributed by atoms with Gasteiger partial charge in [0.15, 0.2) is 9.04 Å². The molecule has 0 aromatic rings. The molecule has 4 heteroatoms. The Hall–Kier alpha value is 0.0969. The van der Waals surface area contributed by atoms with Crippen LogP contribution in [0.4, 0.5) is 0 Å². The topological polar surface area (TPSA) is 38.5 Å². The van der Waals surface area contributed by atoms with E-state index >= 15 is 0 Å². The molecule has 1 heterocycles. The first kappa shape index (κ1) is 13.2. The normalized spacial score (nSPS) is 27.8. The van der Waals surface area contributed by atoms with Crippen molar-refractivity contribution in [1.29, 1.82) is 0 Å². The van der Waals surface area contributed by atoms with Gasteiger partial charge in [0.05, 0.1) is 5.54 Å². The summed E-state index contributed by atoms with van der Waals surface area (Å²) in [5, 5.41) is 2.22. The molecule has 1 saturated heterocycles. The number of nitrogens with zero attached hydrogens (tertiary/aromatic N) is 1. The van der Waals surface area contributed by atoms with E-state index in [0.717, 1.165) is 13.1 Å². The van der Waals surface area contributed by atoms with Crippen molar-refractivity contribution in [2.45, 2.75) is 57.7 Å². The average Bonchev–Trinajstić information content (AvgIpc) is 2.58. The molecule has 0 spiro atoms. The molecule has 2 N–H and O–H groups in total. The van der Waals surface area contributed by atoms with E-state index in [1.165, 1.54) is 32.1 Å². The Morgan fingerprint density at radius 1 is 1.47 bits per heavy atom. The van der Waals surface area contributed by atoms with Gasteiger partial charge >= 0.3 is 0 Å². The SMILES string of the molecule is CCCC[C@@]1(CN)CCCN1O[SiH](C)C. The predicted molar refractivity (Wildman–Crippen MR) is 67.2 cm³/mol. The summed E-state index contributed by atoms with van der Waals surface area (Å²) in [6.07, 6.45) is 6.15. The van der Waals surface area contributed by atoms with Gasteiger partial charge in [-0.15, -0.1) is 0 Å². The summed E-state index contributed by atoms with van der Waals surface area (Å²) in [6, 6.07) is 0. The summed E-state index contributed by atoms with van der Waals surface area (Å²) in [4.78, 5) is 0. The van der Waals surface area contributed by atoms with Gasteiger partial charge in [-0.3, -0.25) is 0 Å². The van der Waals surface area contributed by atoms with Crippen LogP contribution in [0.1, 0.15) is 39.0 Å². The van der Waals surface area contributed by atoms with Gasteiger partial charge in [-0.2, -0.15) is 5.06 Å². The van der Waals surface area contributed by atoms with E-state index in [1.54, 1.807) is 0 Å². The van der Waals surface area contributed by atoms with Gasteiger partial charge in [0.1, 0.15) is 0 Å². The maximum atomic E-state index is 6.01. The molecule has 0 aromatic carbocycles. The zero-order chi connectivity index (χ0) is 11.3. The van der Waals surface area contributed by atoms with Crippen LogP contribution in [0, 0.1) is 0 Å². The fourth-order valence-electron chi connectivity index (χ4n) is 2.39. The molecular weight excluding hydrogens is 204 g/mol. The van der Waals surface area contributed by atoms with Gasteiger partial charge in [0.25, 0.3) is 0 Å². The Morgan fingerprint density at radius 3 is 2.73 bits per heavy atom. The average molecular weight is 230 g/mol. The number of nitrogens with two attached hydrogens (primary N) is 1. The van der Waals surface area contributed by atoms with Gasteiger partial charge in [-0.05, 0) is 32.4 Å². The van der Waals surface area contributed by atoms with Crippen LogP contribution in [0.25, 0.3) is 0 Å². The zero-order valence-electron chi connectivity index (χ0n) is 10.5.